The molecule has 1 nitrogen and oxygen atoms in total. The van der Waals surface area contributed by atoms with Crippen molar-refractivity contribution in [2.75, 3.05) is 6.61 Å². The minimum atomic E-state index is 0.744. The summed E-state index contributed by atoms with van der Waals surface area (Å²) in [7, 11) is 0. The molecule has 0 saturated heterocycles. The van der Waals surface area contributed by atoms with Crippen LogP contribution in [0.2, 0.25) is 0 Å². The van der Waals surface area contributed by atoms with Gasteiger partial charge >= 0.3 is 0 Å². The van der Waals surface area contributed by atoms with E-state index in [1.165, 1.54) is 68.1 Å². The maximum atomic E-state index is 5.98. The normalized spacial score (nSPS) is 12.3. The Morgan fingerprint density at radius 3 is 1.97 bits per heavy atom. The summed E-state index contributed by atoms with van der Waals surface area (Å²) in [5.74, 6) is 2.54. The highest BCUT2D eigenvalue weighted by Gasteiger charge is 2.05. The summed E-state index contributed by atoms with van der Waals surface area (Å²) in [5, 5.41) is 0. The molecule has 2 aromatic rings. The average Bonchev–Trinajstić information content (AvgIpc) is 2.72. The Hall–Kier alpha value is -1.76. The van der Waals surface area contributed by atoms with Crippen LogP contribution in [0.3, 0.4) is 0 Å². The first-order valence-electron chi connectivity index (χ1n) is 11.9. The van der Waals surface area contributed by atoms with Gasteiger partial charge in [-0.05, 0) is 59.9 Å². The summed E-state index contributed by atoms with van der Waals surface area (Å²) >= 11 is 0. The van der Waals surface area contributed by atoms with Crippen LogP contribution in [0.1, 0.15) is 84.6 Å². The third kappa shape index (κ3) is 9.52. The van der Waals surface area contributed by atoms with Crippen LogP contribution in [0, 0.1) is 11.8 Å². The Kier molecular flexibility index (Phi) is 10.9. The number of ether oxygens (including phenoxy) is 1. The van der Waals surface area contributed by atoms with Gasteiger partial charge in [0.15, 0.2) is 0 Å². The molecule has 0 aliphatic heterocycles. The largest absolute Gasteiger partial charge is 0.494 e. The first-order valence-corrected chi connectivity index (χ1v) is 11.9. The zero-order chi connectivity index (χ0) is 20.9. The van der Waals surface area contributed by atoms with Gasteiger partial charge in [0.25, 0.3) is 0 Å². The van der Waals surface area contributed by atoms with Crippen LogP contribution in [0.25, 0.3) is 11.1 Å². The number of aryl methyl sites for hydroxylation is 1. The van der Waals surface area contributed by atoms with E-state index >= 15 is 0 Å². The summed E-state index contributed by atoms with van der Waals surface area (Å²) in [5.41, 5.74) is 4.00. The van der Waals surface area contributed by atoms with E-state index in [2.05, 4.69) is 76.2 Å². The van der Waals surface area contributed by atoms with Gasteiger partial charge in [0.05, 0.1) is 6.61 Å². The Bertz CT molecular complexity index is 654. The van der Waals surface area contributed by atoms with E-state index in [0.29, 0.717) is 0 Å². The van der Waals surface area contributed by atoms with Crippen LogP contribution < -0.4 is 4.74 Å². The topological polar surface area (TPSA) is 9.23 Å². The lowest BCUT2D eigenvalue weighted by Crippen LogP contribution is -2.04. The van der Waals surface area contributed by atoms with E-state index < -0.39 is 0 Å². The molecule has 1 atom stereocenters. The minimum absolute atomic E-state index is 0.744. The fraction of sp³-hybridized carbons (Fsp3) is 0.571. The van der Waals surface area contributed by atoms with Crippen LogP contribution in [0.4, 0.5) is 0 Å². The average molecular weight is 395 g/mol. The van der Waals surface area contributed by atoms with Crippen molar-refractivity contribution >= 4 is 0 Å². The summed E-state index contributed by atoms with van der Waals surface area (Å²) < 4.78 is 5.98. The van der Waals surface area contributed by atoms with E-state index in [1.807, 2.05) is 0 Å². The Labute approximate surface area is 179 Å². The van der Waals surface area contributed by atoms with E-state index in [4.69, 9.17) is 4.74 Å². The summed E-state index contributed by atoms with van der Waals surface area (Å²) in [6.07, 6.45) is 11.6. The Balaban J connectivity index is 1.73. The number of hydrogen-bond donors (Lipinski definition) is 0. The SMILES string of the molecule is CCCCCCc1ccc(-c2ccc(OCCC(C)CCCC(C)C)cc2)cc1. The van der Waals surface area contributed by atoms with Crippen molar-refractivity contribution in [1.82, 2.24) is 0 Å². The maximum absolute atomic E-state index is 5.98. The van der Waals surface area contributed by atoms with Crippen molar-refractivity contribution in [2.45, 2.75) is 85.5 Å². The van der Waals surface area contributed by atoms with E-state index in [-0.39, 0.29) is 0 Å². The van der Waals surface area contributed by atoms with Crippen molar-refractivity contribution in [1.29, 1.82) is 0 Å². The molecular weight excluding hydrogens is 352 g/mol. The third-order valence-electron chi connectivity index (χ3n) is 5.82. The van der Waals surface area contributed by atoms with Crippen molar-refractivity contribution in [3.05, 3.63) is 54.1 Å². The molecule has 160 valence electrons. The van der Waals surface area contributed by atoms with Gasteiger partial charge < -0.3 is 4.74 Å². The predicted octanol–water partition coefficient (Wildman–Crippen LogP) is 8.71. The first kappa shape index (κ1) is 23.5. The molecule has 29 heavy (non-hydrogen) atoms. The summed E-state index contributed by atoms with van der Waals surface area (Å²) in [6, 6.07) is 17.6. The van der Waals surface area contributed by atoms with E-state index in [0.717, 1.165) is 30.6 Å². The molecule has 0 saturated carbocycles. The lowest BCUT2D eigenvalue weighted by atomic mass is 9.98. The molecular formula is C28H42O. The van der Waals surface area contributed by atoms with Crippen molar-refractivity contribution in [3.8, 4) is 16.9 Å². The highest BCUT2D eigenvalue weighted by molar-refractivity contribution is 5.64. The standard InChI is InChI=1S/C28H42O/c1-5-6-7-8-12-25-13-15-26(16-14-25)27-17-19-28(20-18-27)29-22-21-24(4)11-9-10-23(2)3/h13-20,23-24H,5-12,21-22H2,1-4H3. The maximum Gasteiger partial charge on any atom is 0.119 e. The number of hydrogen-bond acceptors (Lipinski definition) is 1. The molecule has 0 amide bonds. The van der Waals surface area contributed by atoms with Gasteiger partial charge in [-0.1, -0.05) is 103 Å². The van der Waals surface area contributed by atoms with Crippen LogP contribution in [0.15, 0.2) is 48.5 Å². The molecule has 1 unspecified atom stereocenters. The van der Waals surface area contributed by atoms with Crippen LogP contribution in [-0.4, -0.2) is 6.61 Å². The monoisotopic (exact) mass is 394 g/mol. The van der Waals surface area contributed by atoms with Gasteiger partial charge in [-0.15, -0.1) is 0 Å². The lowest BCUT2D eigenvalue weighted by Gasteiger charge is -2.13. The van der Waals surface area contributed by atoms with Gasteiger partial charge in [-0.2, -0.15) is 0 Å². The predicted molar refractivity (Wildman–Crippen MR) is 128 cm³/mol. The molecule has 0 N–H and O–H groups in total. The van der Waals surface area contributed by atoms with Crippen LogP contribution >= 0.6 is 0 Å². The lowest BCUT2D eigenvalue weighted by molar-refractivity contribution is 0.276. The molecule has 0 aromatic heterocycles. The Morgan fingerprint density at radius 2 is 1.34 bits per heavy atom. The van der Waals surface area contributed by atoms with E-state index in [9.17, 15) is 0 Å². The molecule has 0 fully saturated rings. The van der Waals surface area contributed by atoms with Gasteiger partial charge in [-0.3, -0.25) is 0 Å². The van der Waals surface area contributed by atoms with Crippen LogP contribution in [0.5, 0.6) is 5.75 Å². The minimum Gasteiger partial charge on any atom is -0.494 e. The van der Waals surface area contributed by atoms with Crippen molar-refractivity contribution in [2.24, 2.45) is 11.8 Å². The van der Waals surface area contributed by atoms with Gasteiger partial charge in [0.2, 0.25) is 0 Å². The Morgan fingerprint density at radius 1 is 0.690 bits per heavy atom. The van der Waals surface area contributed by atoms with Crippen molar-refractivity contribution in [3.63, 3.8) is 0 Å². The highest BCUT2D eigenvalue weighted by atomic mass is 16.5. The third-order valence-corrected chi connectivity index (χ3v) is 5.82. The molecule has 0 heterocycles. The number of rotatable bonds is 14. The van der Waals surface area contributed by atoms with Gasteiger partial charge in [0.1, 0.15) is 5.75 Å². The fourth-order valence-corrected chi connectivity index (χ4v) is 3.76. The van der Waals surface area contributed by atoms with Crippen LogP contribution in [-0.2, 0) is 6.42 Å². The smallest absolute Gasteiger partial charge is 0.119 e. The second-order valence-electron chi connectivity index (χ2n) is 9.10. The molecule has 2 aromatic carbocycles. The molecule has 0 bridgehead atoms. The van der Waals surface area contributed by atoms with E-state index in [1.54, 1.807) is 0 Å². The summed E-state index contributed by atoms with van der Waals surface area (Å²) in [6.45, 7) is 10.0. The molecule has 0 radical (unpaired) electrons. The first-order chi connectivity index (χ1) is 14.1. The molecule has 0 aliphatic carbocycles. The van der Waals surface area contributed by atoms with Gasteiger partial charge in [-0.25, -0.2) is 0 Å². The quantitative estimate of drug-likeness (QED) is 0.291. The molecule has 0 spiro atoms. The molecule has 0 aliphatic rings. The molecule has 2 rings (SSSR count). The van der Waals surface area contributed by atoms with Crippen molar-refractivity contribution < 1.29 is 4.74 Å². The van der Waals surface area contributed by atoms with Gasteiger partial charge in [0, 0.05) is 0 Å². The second-order valence-corrected chi connectivity index (χ2v) is 9.10. The fourth-order valence-electron chi connectivity index (χ4n) is 3.76. The number of benzene rings is 2. The number of unbranched alkanes of at least 4 members (excludes halogenated alkanes) is 3. The zero-order valence-electron chi connectivity index (χ0n) is 19.3. The zero-order valence-corrected chi connectivity index (χ0v) is 19.3. The molecule has 1 heteroatoms. The second kappa shape index (κ2) is 13.5. The highest BCUT2D eigenvalue weighted by Crippen LogP contribution is 2.24. The summed E-state index contributed by atoms with van der Waals surface area (Å²) in [4.78, 5) is 0.